The maximum absolute atomic E-state index is 12.3. The van der Waals surface area contributed by atoms with Crippen LogP contribution in [0.15, 0.2) is 47.1 Å². The second-order valence-corrected chi connectivity index (χ2v) is 5.00. The number of aliphatic hydroxyl groups excluding tert-OH is 1. The third kappa shape index (κ3) is 3.53. The molecule has 2 N–H and O–H groups in total. The molecule has 2 aromatic rings. The summed E-state index contributed by atoms with van der Waals surface area (Å²) in [7, 11) is 3.29. The van der Waals surface area contributed by atoms with Crippen LogP contribution in [0.2, 0.25) is 0 Å². The molecule has 1 atom stereocenters. The van der Waals surface area contributed by atoms with Gasteiger partial charge in [-0.05, 0) is 30.3 Å². The van der Waals surface area contributed by atoms with Gasteiger partial charge < -0.3 is 19.7 Å². The van der Waals surface area contributed by atoms with Gasteiger partial charge in [0.2, 0.25) is 0 Å². The molecule has 0 spiro atoms. The van der Waals surface area contributed by atoms with E-state index in [2.05, 4.69) is 5.32 Å². The molecule has 1 heterocycles. The summed E-state index contributed by atoms with van der Waals surface area (Å²) >= 11 is 0. The predicted octanol–water partition coefficient (Wildman–Crippen LogP) is 1.44. The van der Waals surface area contributed by atoms with Crippen molar-refractivity contribution in [2.75, 3.05) is 20.7 Å². The molecular weight excluding hydrogens is 284 g/mol. The molecule has 0 fully saturated rings. The van der Waals surface area contributed by atoms with Gasteiger partial charge in [-0.15, -0.1) is 0 Å². The molecule has 22 heavy (non-hydrogen) atoms. The van der Waals surface area contributed by atoms with E-state index < -0.39 is 6.04 Å². The number of carbonyl (C=O) groups excluding carboxylic acids is 2. The number of benzene rings is 1. The van der Waals surface area contributed by atoms with Crippen molar-refractivity contribution in [2.45, 2.75) is 6.04 Å². The molecule has 0 aliphatic carbocycles. The number of carbonyl (C=O) groups is 2. The Balaban J connectivity index is 2.16. The van der Waals surface area contributed by atoms with E-state index >= 15 is 0 Å². The summed E-state index contributed by atoms with van der Waals surface area (Å²) < 4.78 is 5.18. The Morgan fingerprint density at radius 2 is 1.95 bits per heavy atom. The molecule has 2 amide bonds. The average Bonchev–Trinajstić information content (AvgIpc) is 3.05. The fraction of sp³-hybridized carbons (Fsp3) is 0.250. The van der Waals surface area contributed by atoms with Crippen LogP contribution in [-0.2, 0) is 0 Å². The largest absolute Gasteiger partial charge is 0.467 e. The van der Waals surface area contributed by atoms with Gasteiger partial charge in [0.1, 0.15) is 11.8 Å². The Morgan fingerprint density at radius 3 is 2.55 bits per heavy atom. The van der Waals surface area contributed by atoms with Crippen LogP contribution in [0.4, 0.5) is 0 Å². The van der Waals surface area contributed by atoms with Crippen molar-refractivity contribution in [3.05, 3.63) is 59.5 Å². The molecular formula is C16H18N2O4. The first-order valence-corrected chi connectivity index (χ1v) is 6.79. The van der Waals surface area contributed by atoms with E-state index in [1.807, 2.05) is 0 Å². The summed E-state index contributed by atoms with van der Waals surface area (Å²) in [5, 5.41) is 12.0. The van der Waals surface area contributed by atoms with E-state index in [0.29, 0.717) is 16.9 Å². The Hall–Kier alpha value is -2.60. The molecule has 0 radical (unpaired) electrons. The highest BCUT2D eigenvalue weighted by Crippen LogP contribution is 2.14. The van der Waals surface area contributed by atoms with Gasteiger partial charge in [-0.1, -0.05) is 6.07 Å². The number of nitrogens with one attached hydrogen (secondary N) is 1. The lowest BCUT2D eigenvalue weighted by atomic mass is 10.1. The van der Waals surface area contributed by atoms with E-state index in [1.165, 1.54) is 17.2 Å². The van der Waals surface area contributed by atoms with Crippen molar-refractivity contribution in [2.24, 2.45) is 0 Å². The zero-order chi connectivity index (χ0) is 16.1. The lowest BCUT2D eigenvalue weighted by Gasteiger charge is -2.15. The Morgan fingerprint density at radius 1 is 1.23 bits per heavy atom. The zero-order valence-corrected chi connectivity index (χ0v) is 12.4. The number of furan rings is 1. The number of hydrogen-bond donors (Lipinski definition) is 2. The quantitative estimate of drug-likeness (QED) is 0.875. The summed E-state index contributed by atoms with van der Waals surface area (Å²) in [4.78, 5) is 25.6. The minimum absolute atomic E-state index is 0.181. The van der Waals surface area contributed by atoms with Crippen LogP contribution in [0.5, 0.6) is 0 Å². The maximum Gasteiger partial charge on any atom is 0.253 e. The van der Waals surface area contributed by atoms with E-state index in [1.54, 1.807) is 44.4 Å². The third-order valence-corrected chi connectivity index (χ3v) is 3.15. The number of aliphatic hydroxyl groups is 1. The van der Waals surface area contributed by atoms with Crippen LogP contribution >= 0.6 is 0 Å². The minimum atomic E-state index is -0.629. The van der Waals surface area contributed by atoms with Gasteiger partial charge in [0.25, 0.3) is 11.8 Å². The predicted molar refractivity (Wildman–Crippen MR) is 80.5 cm³/mol. The smallest absolute Gasteiger partial charge is 0.253 e. The van der Waals surface area contributed by atoms with Crippen molar-refractivity contribution < 1.29 is 19.1 Å². The first kappa shape index (κ1) is 15.8. The van der Waals surface area contributed by atoms with Crippen molar-refractivity contribution in [3.8, 4) is 0 Å². The van der Waals surface area contributed by atoms with Crippen LogP contribution in [0, 0.1) is 0 Å². The Kier molecular flexibility index (Phi) is 4.95. The van der Waals surface area contributed by atoms with Gasteiger partial charge in [0.15, 0.2) is 0 Å². The summed E-state index contributed by atoms with van der Waals surface area (Å²) in [5.41, 5.74) is 0.772. The third-order valence-electron chi connectivity index (χ3n) is 3.15. The van der Waals surface area contributed by atoms with Crippen molar-refractivity contribution >= 4 is 11.8 Å². The first-order chi connectivity index (χ1) is 10.5. The van der Waals surface area contributed by atoms with Crippen molar-refractivity contribution in [3.63, 3.8) is 0 Å². The Labute approximate surface area is 128 Å². The fourth-order valence-electron chi connectivity index (χ4n) is 1.99. The highest BCUT2D eigenvalue weighted by Gasteiger charge is 2.18. The average molecular weight is 302 g/mol. The first-order valence-electron chi connectivity index (χ1n) is 6.79. The molecule has 6 heteroatoms. The standard InChI is InChI=1S/C16H18N2O4/c1-18(2)16(21)12-6-3-5-11(9-12)15(20)17-13(10-19)14-7-4-8-22-14/h3-9,13,19H,10H2,1-2H3,(H,17,20). The number of nitrogens with zero attached hydrogens (tertiary/aromatic N) is 1. The Bertz CT molecular complexity index is 650. The van der Waals surface area contributed by atoms with Gasteiger partial charge in [-0.2, -0.15) is 0 Å². The van der Waals surface area contributed by atoms with E-state index in [0.717, 1.165) is 0 Å². The van der Waals surface area contributed by atoms with E-state index in [9.17, 15) is 14.7 Å². The molecule has 0 saturated carbocycles. The molecule has 0 saturated heterocycles. The lowest BCUT2D eigenvalue weighted by molar-refractivity contribution is 0.0827. The summed E-state index contributed by atoms with van der Waals surface area (Å²) in [6, 6.07) is 9.15. The van der Waals surface area contributed by atoms with Gasteiger partial charge in [-0.25, -0.2) is 0 Å². The zero-order valence-electron chi connectivity index (χ0n) is 12.4. The topological polar surface area (TPSA) is 82.8 Å². The molecule has 1 unspecified atom stereocenters. The molecule has 1 aromatic carbocycles. The summed E-state index contributed by atoms with van der Waals surface area (Å²) in [6.07, 6.45) is 1.47. The molecule has 1 aromatic heterocycles. The van der Waals surface area contributed by atoms with Crippen molar-refractivity contribution in [1.29, 1.82) is 0 Å². The van der Waals surface area contributed by atoms with Crippen LogP contribution in [0.3, 0.4) is 0 Å². The van der Waals surface area contributed by atoms with Crippen LogP contribution in [-0.4, -0.2) is 42.5 Å². The lowest BCUT2D eigenvalue weighted by Crippen LogP contribution is -2.31. The van der Waals surface area contributed by atoms with E-state index in [4.69, 9.17) is 4.42 Å². The normalized spacial score (nSPS) is 11.8. The number of hydrogen-bond acceptors (Lipinski definition) is 4. The van der Waals surface area contributed by atoms with Crippen LogP contribution in [0.1, 0.15) is 32.5 Å². The maximum atomic E-state index is 12.3. The number of rotatable bonds is 5. The molecule has 0 aliphatic heterocycles. The minimum Gasteiger partial charge on any atom is -0.467 e. The van der Waals surface area contributed by atoms with Crippen LogP contribution < -0.4 is 5.32 Å². The second kappa shape index (κ2) is 6.91. The molecule has 6 nitrogen and oxygen atoms in total. The molecule has 2 rings (SSSR count). The van der Waals surface area contributed by atoms with E-state index in [-0.39, 0.29) is 18.4 Å². The van der Waals surface area contributed by atoms with Crippen LogP contribution in [0.25, 0.3) is 0 Å². The van der Waals surface area contributed by atoms with Gasteiger partial charge >= 0.3 is 0 Å². The highest BCUT2D eigenvalue weighted by atomic mass is 16.3. The SMILES string of the molecule is CN(C)C(=O)c1cccc(C(=O)NC(CO)c2ccco2)c1. The summed E-state index contributed by atoms with van der Waals surface area (Å²) in [6.45, 7) is -0.282. The van der Waals surface area contributed by atoms with Gasteiger partial charge in [-0.3, -0.25) is 9.59 Å². The number of amides is 2. The van der Waals surface area contributed by atoms with Gasteiger partial charge in [0, 0.05) is 25.2 Å². The monoisotopic (exact) mass is 302 g/mol. The highest BCUT2D eigenvalue weighted by molar-refractivity contribution is 5.99. The molecule has 0 bridgehead atoms. The van der Waals surface area contributed by atoms with Crippen molar-refractivity contribution in [1.82, 2.24) is 10.2 Å². The summed E-state index contributed by atoms with van der Waals surface area (Å²) in [5.74, 6) is -0.0976. The second-order valence-electron chi connectivity index (χ2n) is 5.00. The van der Waals surface area contributed by atoms with Gasteiger partial charge in [0.05, 0.1) is 12.9 Å². The fourth-order valence-corrected chi connectivity index (χ4v) is 1.99. The molecule has 0 aliphatic rings. The molecule has 116 valence electrons.